The van der Waals surface area contributed by atoms with Gasteiger partial charge in [0.2, 0.25) is 0 Å². The first-order valence-electron chi connectivity index (χ1n) is 12.9. The van der Waals surface area contributed by atoms with Crippen LogP contribution < -0.4 is 0 Å². The molecule has 1 aromatic carbocycles. The average molecular weight is 528 g/mol. The van der Waals surface area contributed by atoms with Gasteiger partial charge in [-0.15, -0.1) is 0 Å². The molecule has 1 saturated carbocycles. The van der Waals surface area contributed by atoms with E-state index in [-0.39, 0.29) is 33.9 Å². The van der Waals surface area contributed by atoms with Gasteiger partial charge in [-0.1, -0.05) is 36.0 Å². The van der Waals surface area contributed by atoms with Crippen molar-refractivity contribution in [3.05, 3.63) is 65.3 Å². The number of hydrogen-bond donors (Lipinski definition) is 0. The van der Waals surface area contributed by atoms with Crippen molar-refractivity contribution in [2.45, 2.75) is 63.8 Å². The van der Waals surface area contributed by atoms with Gasteiger partial charge in [-0.3, -0.25) is 24.0 Å². The van der Waals surface area contributed by atoms with E-state index in [1.807, 2.05) is 6.20 Å². The molecular weight excluding hydrogens is 493 g/mol. The molecule has 2 unspecified atom stereocenters. The van der Waals surface area contributed by atoms with Crippen LogP contribution in [0.5, 0.6) is 0 Å². The van der Waals surface area contributed by atoms with Crippen LogP contribution in [-0.2, 0) is 32.1 Å². The van der Waals surface area contributed by atoms with Crippen molar-refractivity contribution >= 4 is 28.6 Å². The van der Waals surface area contributed by atoms with Crippen LogP contribution in [0.25, 0.3) is 0 Å². The molecule has 2 heterocycles. The minimum absolute atomic E-state index is 0.00143. The van der Waals surface area contributed by atoms with Gasteiger partial charge in [0.15, 0.2) is 10.9 Å². The Hall–Kier alpha value is -2.78. The fourth-order valence-electron chi connectivity index (χ4n) is 4.78. The molecule has 1 saturated heterocycles. The Morgan fingerprint density at radius 1 is 1.24 bits per heavy atom. The summed E-state index contributed by atoms with van der Waals surface area (Å²) < 4.78 is 21.6. The molecule has 37 heavy (non-hydrogen) atoms. The standard InChI is InChI=1S/C28H34FN3O4S/c1-3-36-26(34)11-8-20-16-30-32(17-20)15-12-22-18-31(14-13-25(22)37-19(2)33)27(28(35)21-9-10-21)23-6-4-5-7-24(23)29/h4-7,12,16-17,21,25,27H,3,8-11,13-15,18H2,1-2H3/b22-12-. The lowest BCUT2D eigenvalue weighted by molar-refractivity contribution is -0.143. The van der Waals surface area contributed by atoms with Crippen LogP contribution >= 0.6 is 11.8 Å². The van der Waals surface area contributed by atoms with Crippen molar-refractivity contribution in [3.63, 3.8) is 0 Å². The number of carbonyl (C=O) groups excluding carboxylic acids is 3. The number of thioether (sulfide) groups is 1. The lowest BCUT2D eigenvalue weighted by Gasteiger charge is -2.38. The first-order valence-corrected chi connectivity index (χ1v) is 13.8. The van der Waals surface area contributed by atoms with Crippen molar-refractivity contribution in [3.8, 4) is 0 Å². The van der Waals surface area contributed by atoms with Gasteiger partial charge >= 0.3 is 5.97 Å². The van der Waals surface area contributed by atoms with E-state index >= 15 is 0 Å². The second-order valence-corrected chi connectivity index (χ2v) is 11.0. The predicted molar refractivity (Wildman–Crippen MR) is 140 cm³/mol. The first kappa shape index (κ1) is 27.3. The summed E-state index contributed by atoms with van der Waals surface area (Å²) in [7, 11) is 0. The summed E-state index contributed by atoms with van der Waals surface area (Å²) in [5, 5.41) is 4.46. The quantitative estimate of drug-likeness (QED) is 0.314. The summed E-state index contributed by atoms with van der Waals surface area (Å²) in [5.74, 6) is -0.507. The number of benzene rings is 1. The summed E-state index contributed by atoms with van der Waals surface area (Å²) in [6.45, 7) is 5.31. The molecule has 2 aliphatic rings. The molecule has 0 N–H and O–H groups in total. The third-order valence-electron chi connectivity index (χ3n) is 6.75. The van der Waals surface area contributed by atoms with E-state index in [1.165, 1.54) is 17.8 Å². The molecule has 1 aliphatic heterocycles. The summed E-state index contributed by atoms with van der Waals surface area (Å²) in [6, 6.07) is 5.91. The fourth-order valence-corrected chi connectivity index (χ4v) is 5.72. The number of aryl methyl sites for hydroxylation is 1. The highest BCUT2D eigenvalue weighted by Crippen LogP contribution is 2.40. The number of ketones is 1. The number of rotatable bonds is 11. The Labute approximate surface area is 221 Å². The van der Waals surface area contributed by atoms with Gasteiger partial charge < -0.3 is 4.74 Å². The molecule has 7 nitrogen and oxygen atoms in total. The number of piperidine rings is 1. The van der Waals surface area contributed by atoms with E-state index in [4.69, 9.17) is 4.74 Å². The maximum absolute atomic E-state index is 14.8. The topological polar surface area (TPSA) is 81.5 Å². The van der Waals surface area contributed by atoms with Crippen molar-refractivity contribution in [2.24, 2.45) is 5.92 Å². The number of nitrogens with zero attached hydrogens (tertiary/aromatic N) is 3. The molecule has 0 radical (unpaired) electrons. The highest BCUT2D eigenvalue weighted by atomic mass is 32.2. The van der Waals surface area contributed by atoms with Crippen LogP contribution in [-0.4, -0.2) is 56.5 Å². The second kappa shape index (κ2) is 12.6. The summed E-state index contributed by atoms with van der Waals surface area (Å²) in [6.07, 6.45) is 9.00. The minimum atomic E-state index is -0.625. The number of hydrogen-bond acceptors (Lipinski definition) is 7. The maximum Gasteiger partial charge on any atom is 0.306 e. The number of halogens is 1. The third kappa shape index (κ3) is 7.38. The van der Waals surface area contributed by atoms with Crippen LogP contribution in [0.4, 0.5) is 4.39 Å². The number of esters is 1. The van der Waals surface area contributed by atoms with Gasteiger partial charge in [0, 0.05) is 49.4 Å². The van der Waals surface area contributed by atoms with Crippen molar-refractivity contribution < 1.29 is 23.5 Å². The summed E-state index contributed by atoms with van der Waals surface area (Å²) in [5.41, 5.74) is 2.41. The molecule has 1 aliphatic carbocycles. The highest BCUT2D eigenvalue weighted by molar-refractivity contribution is 8.14. The van der Waals surface area contributed by atoms with E-state index in [0.29, 0.717) is 51.1 Å². The Morgan fingerprint density at radius 2 is 2.03 bits per heavy atom. The van der Waals surface area contributed by atoms with Crippen molar-refractivity contribution in [1.29, 1.82) is 0 Å². The second-order valence-electron chi connectivity index (χ2n) is 9.61. The number of aromatic nitrogens is 2. The number of ether oxygens (including phenoxy) is 1. The first-order chi connectivity index (χ1) is 17.9. The van der Waals surface area contributed by atoms with E-state index in [9.17, 15) is 18.8 Å². The van der Waals surface area contributed by atoms with Crippen molar-refractivity contribution in [1.82, 2.24) is 14.7 Å². The number of carbonyl (C=O) groups is 3. The Balaban J connectivity index is 1.51. The van der Waals surface area contributed by atoms with Crippen LogP contribution in [0.3, 0.4) is 0 Å². The van der Waals surface area contributed by atoms with Gasteiger partial charge in [0.25, 0.3) is 0 Å². The normalized spacial score (nSPS) is 20.1. The molecule has 0 amide bonds. The van der Waals surface area contributed by atoms with Gasteiger partial charge in [-0.25, -0.2) is 4.39 Å². The smallest absolute Gasteiger partial charge is 0.306 e. The molecule has 2 atom stereocenters. The largest absolute Gasteiger partial charge is 0.466 e. The van der Waals surface area contributed by atoms with Gasteiger partial charge in [0.05, 0.1) is 25.4 Å². The molecule has 198 valence electrons. The van der Waals surface area contributed by atoms with Crippen LogP contribution in [0.2, 0.25) is 0 Å². The molecular formula is C28H34FN3O4S. The third-order valence-corrected chi connectivity index (χ3v) is 7.91. The minimum Gasteiger partial charge on any atom is -0.466 e. The van der Waals surface area contributed by atoms with E-state index < -0.39 is 6.04 Å². The Morgan fingerprint density at radius 3 is 2.73 bits per heavy atom. The summed E-state index contributed by atoms with van der Waals surface area (Å²) in [4.78, 5) is 39.0. The molecule has 0 spiro atoms. The van der Waals surface area contributed by atoms with E-state index in [2.05, 4.69) is 16.1 Å². The van der Waals surface area contributed by atoms with Gasteiger partial charge in [-0.05, 0) is 49.8 Å². The predicted octanol–water partition coefficient (Wildman–Crippen LogP) is 4.52. The zero-order valence-electron chi connectivity index (χ0n) is 21.4. The lowest BCUT2D eigenvalue weighted by Crippen LogP contribution is -2.43. The average Bonchev–Trinajstić information content (AvgIpc) is 3.62. The molecule has 9 heteroatoms. The Kier molecular flexibility index (Phi) is 9.32. The SMILES string of the molecule is CCOC(=O)CCc1cnn(C/C=C2/CN(C(C(=O)C3CC3)c3ccccc3F)CCC2SC(C)=O)c1. The van der Waals surface area contributed by atoms with Gasteiger partial charge in [0.1, 0.15) is 5.82 Å². The fraction of sp³-hybridized carbons (Fsp3) is 0.500. The van der Waals surface area contributed by atoms with Gasteiger partial charge in [-0.2, -0.15) is 5.10 Å². The zero-order chi connectivity index (χ0) is 26.4. The maximum atomic E-state index is 14.8. The molecule has 1 aromatic heterocycles. The Bertz CT molecular complexity index is 1160. The number of Topliss-reactive ketones (excluding diaryl/α,β-unsaturated/α-hetero) is 1. The highest BCUT2D eigenvalue weighted by Gasteiger charge is 2.41. The zero-order valence-corrected chi connectivity index (χ0v) is 22.2. The molecule has 2 fully saturated rings. The van der Waals surface area contributed by atoms with Crippen LogP contribution in [0.15, 0.2) is 48.3 Å². The molecule has 0 bridgehead atoms. The van der Waals surface area contributed by atoms with Crippen LogP contribution in [0, 0.1) is 11.7 Å². The molecule has 2 aromatic rings. The lowest BCUT2D eigenvalue weighted by atomic mass is 9.93. The molecule has 4 rings (SSSR count). The van der Waals surface area contributed by atoms with E-state index in [1.54, 1.807) is 42.9 Å². The van der Waals surface area contributed by atoms with E-state index in [0.717, 1.165) is 24.0 Å². The number of allylic oxidation sites excluding steroid dienone is 1. The number of likely N-dealkylation sites (tertiary alicyclic amines) is 1. The van der Waals surface area contributed by atoms with Crippen LogP contribution in [0.1, 0.15) is 56.7 Å². The summed E-state index contributed by atoms with van der Waals surface area (Å²) >= 11 is 1.31. The monoisotopic (exact) mass is 527 g/mol. The van der Waals surface area contributed by atoms with Crippen molar-refractivity contribution in [2.75, 3.05) is 19.7 Å².